The molecule has 3 rings (SSSR count). The maximum atomic E-state index is 13.0. The van der Waals surface area contributed by atoms with Crippen molar-refractivity contribution in [3.05, 3.63) is 59.7 Å². The summed E-state index contributed by atoms with van der Waals surface area (Å²) in [5.74, 6) is -0.931. The number of ether oxygens (including phenoxy) is 2. The van der Waals surface area contributed by atoms with Crippen LogP contribution in [-0.4, -0.2) is 64.1 Å². The van der Waals surface area contributed by atoms with Crippen LogP contribution in [0.4, 0.5) is 5.69 Å². The van der Waals surface area contributed by atoms with Crippen LogP contribution in [0.3, 0.4) is 0 Å². The lowest BCUT2D eigenvalue weighted by molar-refractivity contribution is -0.0440. The Morgan fingerprint density at radius 1 is 1.03 bits per heavy atom. The number of methoxy groups -OCH3 is 1. The molecule has 31 heavy (non-hydrogen) atoms. The average molecular weight is 447 g/mol. The maximum Gasteiger partial charge on any atom is 0.339 e. The van der Waals surface area contributed by atoms with Gasteiger partial charge in [-0.3, -0.25) is 4.79 Å². The molecular weight excluding hydrogens is 420 g/mol. The van der Waals surface area contributed by atoms with Gasteiger partial charge in [0.2, 0.25) is 10.0 Å². The van der Waals surface area contributed by atoms with Crippen LogP contribution in [0.1, 0.15) is 34.6 Å². The second-order valence-corrected chi connectivity index (χ2v) is 9.41. The smallest absolute Gasteiger partial charge is 0.339 e. The summed E-state index contributed by atoms with van der Waals surface area (Å²) in [6.45, 7) is 4.23. The zero-order valence-corrected chi connectivity index (χ0v) is 18.8. The van der Waals surface area contributed by atoms with Crippen LogP contribution in [-0.2, 0) is 19.5 Å². The molecule has 2 atom stereocenters. The highest BCUT2D eigenvalue weighted by Gasteiger charge is 2.32. The van der Waals surface area contributed by atoms with Gasteiger partial charge in [-0.2, -0.15) is 4.31 Å². The van der Waals surface area contributed by atoms with Gasteiger partial charge in [-0.15, -0.1) is 0 Å². The van der Waals surface area contributed by atoms with Gasteiger partial charge >= 0.3 is 5.97 Å². The molecule has 0 unspecified atom stereocenters. The van der Waals surface area contributed by atoms with E-state index in [0.29, 0.717) is 11.3 Å². The number of hydrogen-bond acceptors (Lipinski definition) is 6. The molecule has 8 nitrogen and oxygen atoms in total. The Bertz CT molecular complexity index is 1060. The third-order valence-corrected chi connectivity index (χ3v) is 6.95. The Balaban J connectivity index is 1.83. The molecule has 0 bridgehead atoms. The predicted molar refractivity (Wildman–Crippen MR) is 116 cm³/mol. The van der Waals surface area contributed by atoms with Gasteiger partial charge in [-0.05, 0) is 50.2 Å². The molecule has 1 amide bonds. The lowest BCUT2D eigenvalue weighted by Gasteiger charge is -2.34. The van der Waals surface area contributed by atoms with E-state index in [1.165, 1.54) is 40.6 Å². The largest absolute Gasteiger partial charge is 0.465 e. The summed E-state index contributed by atoms with van der Waals surface area (Å²) in [4.78, 5) is 26.4. The van der Waals surface area contributed by atoms with Crippen molar-refractivity contribution in [1.82, 2.24) is 4.31 Å². The van der Waals surface area contributed by atoms with E-state index in [-0.39, 0.29) is 41.7 Å². The van der Waals surface area contributed by atoms with Crippen LogP contribution in [0.2, 0.25) is 0 Å². The summed E-state index contributed by atoms with van der Waals surface area (Å²) in [5.41, 5.74) is 0.952. The van der Waals surface area contributed by atoms with Crippen molar-refractivity contribution in [2.24, 2.45) is 0 Å². The molecule has 0 radical (unpaired) electrons. The second-order valence-electron chi connectivity index (χ2n) is 7.48. The first-order chi connectivity index (χ1) is 14.6. The number of nitrogens with zero attached hydrogens (tertiary/aromatic N) is 2. The van der Waals surface area contributed by atoms with Crippen molar-refractivity contribution in [3.8, 4) is 0 Å². The number of benzene rings is 2. The number of sulfonamides is 1. The molecule has 1 aliphatic heterocycles. The number of carbonyl (C=O) groups is 2. The molecule has 1 aliphatic rings. The summed E-state index contributed by atoms with van der Waals surface area (Å²) < 4.78 is 37.8. The number of esters is 1. The van der Waals surface area contributed by atoms with Crippen LogP contribution < -0.4 is 4.90 Å². The fourth-order valence-electron chi connectivity index (χ4n) is 3.60. The Hall–Kier alpha value is -2.75. The molecular formula is C22H26N2O6S. The molecule has 2 aromatic rings. The molecule has 0 aromatic heterocycles. The van der Waals surface area contributed by atoms with Gasteiger partial charge in [0, 0.05) is 25.7 Å². The number of carbonyl (C=O) groups excluding carboxylic acids is 2. The van der Waals surface area contributed by atoms with Gasteiger partial charge in [0.1, 0.15) is 0 Å². The molecule has 0 spiro atoms. The number of morpholine rings is 1. The Morgan fingerprint density at radius 3 is 2.19 bits per heavy atom. The van der Waals surface area contributed by atoms with Crippen molar-refractivity contribution in [2.75, 3.05) is 32.1 Å². The van der Waals surface area contributed by atoms with Crippen molar-refractivity contribution in [3.63, 3.8) is 0 Å². The minimum absolute atomic E-state index is 0.114. The number of rotatable bonds is 5. The van der Waals surface area contributed by atoms with Gasteiger partial charge in [0.25, 0.3) is 5.91 Å². The van der Waals surface area contributed by atoms with Crippen LogP contribution in [0.5, 0.6) is 0 Å². The first-order valence-electron chi connectivity index (χ1n) is 9.86. The molecule has 2 aromatic carbocycles. The van der Waals surface area contributed by atoms with Gasteiger partial charge in [-0.25, -0.2) is 13.2 Å². The number of hydrogen-bond donors (Lipinski definition) is 0. The zero-order valence-electron chi connectivity index (χ0n) is 17.9. The normalized spacial score (nSPS) is 19.6. The van der Waals surface area contributed by atoms with E-state index in [4.69, 9.17) is 9.47 Å². The second kappa shape index (κ2) is 9.17. The van der Waals surface area contributed by atoms with E-state index in [1.54, 1.807) is 31.3 Å². The van der Waals surface area contributed by atoms with Crippen molar-refractivity contribution < 1.29 is 27.5 Å². The van der Waals surface area contributed by atoms with E-state index in [2.05, 4.69) is 0 Å². The van der Waals surface area contributed by atoms with Gasteiger partial charge in [0.05, 0.1) is 35.5 Å². The minimum atomic E-state index is -3.70. The van der Waals surface area contributed by atoms with Crippen LogP contribution in [0, 0.1) is 0 Å². The number of amides is 1. The summed E-state index contributed by atoms with van der Waals surface area (Å²) >= 11 is 0. The molecule has 1 saturated heterocycles. The van der Waals surface area contributed by atoms with Crippen LogP contribution >= 0.6 is 0 Å². The third-order valence-electron chi connectivity index (χ3n) is 5.10. The lowest BCUT2D eigenvalue weighted by Crippen LogP contribution is -2.48. The quantitative estimate of drug-likeness (QED) is 0.656. The highest BCUT2D eigenvalue weighted by Crippen LogP contribution is 2.24. The summed E-state index contributed by atoms with van der Waals surface area (Å²) in [6, 6.07) is 12.4. The summed E-state index contributed by atoms with van der Waals surface area (Å²) in [7, 11) is -0.876. The van der Waals surface area contributed by atoms with E-state index >= 15 is 0 Å². The zero-order chi connectivity index (χ0) is 22.8. The molecule has 166 valence electrons. The van der Waals surface area contributed by atoms with Crippen LogP contribution in [0.15, 0.2) is 53.4 Å². The van der Waals surface area contributed by atoms with Crippen molar-refractivity contribution in [1.29, 1.82) is 0 Å². The first-order valence-corrected chi connectivity index (χ1v) is 11.3. The minimum Gasteiger partial charge on any atom is -0.465 e. The van der Waals surface area contributed by atoms with Gasteiger partial charge in [0.15, 0.2) is 0 Å². The number of anilines is 1. The molecule has 1 fully saturated rings. The molecule has 9 heteroatoms. The van der Waals surface area contributed by atoms with Crippen molar-refractivity contribution >= 4 is 27.6 Å². The maximum absolute atomic E-state index is 13.0. The van der Waals surface area contributed by atoms with Crippen molar-refractivity contribution in [2.45, 2.75) is 31.0 Å². The van der Waals surface area contributed by atoms with E-state index in [0.717, 1.165) is 0 Å². The third kappa shape index (κ3) is 4.79. The molecule has 0 aliphatic carbocycles. The number of para-hydroxylation sites is 1. The first kappa shape index (κ1) is 22.9. The topological polar surface area (TPSA) is 93.2 Å². The average Bonchev–Trinajstić information content (AvgIpc) is 2.77. The standard InChI is InChI=1S/C22H26N2O6S/c1-15-13-24(14-16(2)30-15)31(27,28)18-11-9-17(10-12-18)21(25)23(3)20-8-6-5-7-19(20)22(26)29-4/h5-12,15-16H,13-14H2,1-4H3/t15-,16-/m1/s1. The Labute approximate surface area is 182 Å². The molecule has 0 N–H and O–H groups in total. The highest BCUT2D eigenvalue weighted by atomic mass is 32.2. The van der Waals surface area contributed by atoms with Crippen LogP contribution in [0.25, 0.3) is 0 Å². The van der Waals surface area contributed by atoms with E-state index in [9.17, 15) is 18.0 Å². The fraction of sp³-hybridized carbons (Fsp3) is 0.364. The SMILES string of the molecule is COC(=O)c1ccccc1N(C)C(=O)c1ccc(S(=O)(=O)N2C[C@@H](C)O[C@H](C)C2)cc1. The predicted octanol–water partition coefficient (Wildman–Crippen LogP) is 2.55. The summed E-state index contributed by atoms with van der Waals surface area (Å²) in [5, 5.41) is 0. The molecule has 0 saturated carbocycles. The Kier molecular flexibility index (Phi) is 6.78. The highest BCUT2D eigenvalue weighted by molar-refractivity contribution is 7.89. The van der Waals surface area contributed by atoms with Gasteiger partial charge < -0.3 is 14.4 Å². The Morgan fingerprint density at radius 2 is 1.61 bits per heavy atom. The van der Waals surface area contributed by atoms with Gasteiger partial charge in [-0.1, -0.05) is 12.1 Å². The summed E-state index contributed by atoms with van der Waals surface area (Å²) in [6.07, 6.45) is -0.384. The van der Waals surface area contributed by atoms with E-state index in [1.807, 2.05) is 13.8 Å². The van der Waals surface area contributed by atoms with E-state index < -0.39 is 16.0 Å². The fourth-order valence-corrected chi connectivity index (χ4v) is 5.19. The monoisotopic (exact) mass is 446 g/mol. The molecule has 1 heterocycles. The lowest BCUT2D eigenvalue weighted by atomic mass is 10.1.